The van der Waals surface area contributed by atoms with E-state index in [9.17, 15) is 4.79 Å². The number of halogens is 1. The van der Waals surface area contributed by atoms with Crippen molar-refractivity contribution in [3.8, 4) is 0 Å². The third-order valence-corrected chi connectivity index (χ3v) is 4.11. The van der Waals surface area contributed by atoms with Gasteiger partial charge in [-0.05, 0) is 44.5 Å². The molecule has 2 aromatic rings. The number of carbonyl (C=O) groups excluding carboxylic acids is 1. The maximum atomic E-state index is 12.1. The minimum atomic E-state index is -0.0940. The normalized spacial score (nSPS) is 10.4. The molecule has 1 aromatic carbocycles. The summed E-state index contributed by atoms with van der Waals surface area (Å²) in [6.45, 7) is 5.72. The Morgan fingerprint density at radius 2 is 2.06 bits per heavy atom. The fraction of sp³-hybridized carbons (Fsp3) is 0.231. The molecule has 1 heterocycles. The monoisotopic (exact) mass is 324 g/mol. The fourth-order valence-corrected chi connectivity index (χ4v) is 2.98. The number of hydrogen-bond donors (Lipinski definition) is 1. The third kappa shape index (κ3) is 2.79. The van der Waals surface area contributed by atoms with Gasteiger partial charge in [-0.2, -0.15) is 0 Å². The van der Waals surface area contributed by atoms with E-state index in [-0.39, 0.29) is 5.91 Å². The zero-order valence-electron chi connectivity index (χ0n) is 10.4. The van der Waals surface area contributed by atoms with Gasteiger partial charge in [-0.3, -0.25) is 4.79 Å². The molecule has 0 aliphatic carbocycles. The molecule has 94 valence electrons. The van der Waals surface area contributed by atoms with Crippen molar-refractivity contribution >= 4 is 38.9 Å². The molecule has 1 N–H and O–H groups in total. The van der Waals surface area contributed by atoms with E-state index in [0.29, 0.717) is 4.88 Å². The number of aromatic nitrogens is 1. The summed E-state index contributed by atoms with van der Waals surface area (Å²) in [5, 5.41) is 3.83. The number of benzene rings is 1. The van der Waals surface area contributed by atoms with Crippen LogP contribution in [0.4, 0.5) is 5.69 Å². The molecule has 0 saturated heterocycles. The lowest BCUT2D eigenvalue weighted by molar-refractivity contribution is 0.102. The maximum Gasteiger partial charge on any atom is 0.267 e. The summed E-state index contributed by atoms with van der Waals surface area (Å²) >= 11 is 4.82. The van der Waals surface area contributed by atoms with E-state index in [1.807, 2.05) is 39.0 Å². The predicted octanol–water partition coefficient (Wildman–Crippen LogP) is 4.08. The fourth-order valence-electron chi connectivity index (χ4n) is 1.69. The molecule has 0 fully saturated rings. The second-order valence-electron chi connectivity index (χ2n) is 4.06. The van der Waals surface area contributed by atoms with Crippen LogP contribution >= 0.6 is 27.3 Å². The second-order valence-corrected chi connectivity index (χ2v) is 6.18. The van der Waals surface area contributed by atoms with Crippen molar-refractivity contribution in [2.45, 2.75) is 20.8 Å². The van der Waals surface area contributed by atoms with E-state index in [0.717, 1.165) is 26.4 Å². The molecule has 1 amide bonds. The van der Waals surface area contributed by atoms with Crippen molar-refractivity contribution in [2.75, 3.05) is 5.32 Å². The summed E-state index contributed by atoms with van der Waals surface area (Å²) in [6, 6.07) is 5.77. The zero-order chi connectivity index (χ0) is 13.3. The topological polar surface area (TPSA) is 42.0 Å². The van der Waals surface area contributed by atoms with Gasteiger partial charge in [0.1, 0.15) is 4.88 Å². The number of thiazole rings is 1. The van der Waals surface area contributed by atoms with Crippen LogP contribution in [0.25, 0.3) is 0 Å². The van der Waals surface area contributed by atoms with E-state index >= 15 is 0 Å². The molecule has 0 bridgehead atoms. The first-order valence-electron chi connectivity index (χ1n) is 5.49. The number of hydrogen-bond acceptors (Lipinski definition) is 3. The highest BCUT2D eigenvalue weighted by molar-refractivity contribution is 9.10. The molecule has 3 nitrogen and oxygen atoms in total. The number of rotatable bonds is 2. The summed E-state index contributed by atoms with van der Waals surface area (Å²) in [4.78, 5) is 17.1. The van der Waals surface area contributed by atoms with Gasteiger partial charge in [-0.25, -0.2) is 4.98 Å². The molecule has 0 atom stereocenters. The quantitative estimate of drug-likeness (QED) is 0.904. The Morgan fingerprint density at radius 3 is 2.61 bits per heavy atom. The summed E-state index contributed by atoms with van der Waals surface area (Å²) in [6.07, 6.45) is 0. The van der Waals surface area contributed by atoms with Crippen LogP contribution in [0, 0.1) is 20.8 Å². The molecule has 1 aromatic heterocycles. The SMILES string of the molecule is Cc1nc(C)c(C(=O)Nc2ccc(Br)cc2C)s1. The van der Waals surface area contributed by atoms with Gasteiger partial charge >= 0.3 is 0 Å². The Kier molecular flexibility index (Phi) is 3.82. The second kappa shape index (κ2) is 5.20. The molecular formula is C13H13BrN2OS. The Labute approximate surface area is 118 Å². The van der Waals surface area contributed by atoms with Gasteiger partial charge in [0, 0.05) is 10.2 Å². The minimum absolute atomic E-state index is 0.0940. The van der Waals surface area contributed by atoms with Crippen LogP contribution in [0.1, 0.15) is 25.9 Å². The predicted molar refractivity (Wildman–Crippen MR) is 78.4 cm³/mol. The van der Waals surface area contributed by atoms with Crippen LogP contribution in [0.2, 0.25) is 0 Å². The van der Waals surface area contributed by atoms with E-state index in [2.05, 4.69) is 26.2 Å². The van der Waals surface area contributed by atoms with Gasteiger partial charge in [0.15, 0.2) is 0 Å². The Hall–Kier alpha value is -1.20. The highest BCUT2D eigenvalue weighted by Gasteiger charge is 2.14. The average molecular weight is 325 g/mol. The van der Waals surface area contributed by atoms with Gasteiger partial charge in [0.05, 0.1) is 10.7 Å². The zero-order valence-corrected chi connectivity index (χ0v) is 12.8. The van der Waals surface area contributed by atoms with E-state index in [1.165, 1.54) is 11.3 Å². The Balaban J connectivity index is 2.24. The molecule has 0 unspecified atom stereocenters. The van der Waals surface area contributed by atoms with Crippen molar-refractivity contribution in [3.63, 3.8) is 0 Å². The Bertz CT molecular complexity index is 607. The molecule has 2 rings (SSSR count). The van der Waals surface area contributed by atoms with Gasteiger partial charge in [-0.1, -0.05) is 15.9 Å². The average Bonchev–Trinajstić information content (AvgIpc) is 2.62. The van der Waals surface area contributed by atoms with Crippen molar-refractivity contribution in [1.82, 2.24) is 4.98 Å². The highest BCUT2D eigenvalue weighted by atomic mass is 79.9. The summed E-state index contributed by atoms with van der Waals surface area (Å²) in [5.41, 5.74) is 2.63. The van der Waals surface area contributed by atoms with Gasteiger partial charge in [0.25, 0.3) is 5.91 Å². The molecule has 0 spiro atoms. The lowest BCUT2D eigenvalue weighted by atomic mass is 10.2. The number of nitrogens with zero attached hydrogens (tertiary/aromatic N) is 1. The van der Waals surface area contributed by atoms with Gasteiger partial charge in [0.2, 0.25) is 0 Å². The summed E-state index contributed by atoms with van der Waals surface area (Å²) in [7, 11) is 0. The largest absolute Gasteiger partial charge is 0.321 e. The number of amides is 1. The van der Waals surface area contributed by atoms with Crippen LogP contribution in [-0.2, 0) is 0 Å². The summed E-state index contributed by atoms with van der Waals surface area (Å²) < 4.78 is 1.00. The van der Waals surface area contributed by atoms with Gasteiger partial charge < -0.3 is 5.32 Å². The molecule has 0 aliphatic heterocycles. The smallest absolute Gasteiger partial charge is 0.267 e. The van der Waals surface area contributed by atoms with Crippen LogP contribution in [0.5, 0.6) is 0 Å². The minimum Gasteiger partial charge on any atom is -0.321 e. The molecule has 0 radical (unpaired) electrons. The standard InChI is InChI=1S/C13H13BrN2OS/c1-7-6-10(14)4-5-11(7)16-13(17)12-8(2)15-9(3)18-12/h4-6H,1-3H3,(H,16,17). The van der Waals surface area contributed by atoms with Gasteiger partial charge in [-0.15, -0.1) is 11.3 Å². The highest BCUT2D eigenvalue weighted by Crippen LogP contribution is 2.23. The summed E-state index contributed by atoms with van der Waals surface area (Å²) in [5.74, 6) is -0.0940. The van der Waals surface area contributed by atoms with E-state index < -0.39 is 0 Å². The number of nitrogens with one attached hydrogen (secondary N) is 1. The van der Waals surface area contributed by atoms with Crippen molar-refractivity contribution in [1.29, 1.82) is 0 Å². The van der Waals surface area contributed by atoms with Crippen molar-refractivity contribution < 1.29 is 4.79 Å². The number of aryl methyl sites for hydroxylation is 3. The molecule has 0 saturated carbocycles. The first-order chi connectivity index (χ1) is 8.47. The molecule has 5 heteroatoms. The van der Waals surface area contributed by atoms with E-state index in [1.54, 1.807) is 0 Å². The van der Waals surface area contributed by atoms with Crippen molar-refractivity contribution in [3.05, 3.63) is 43.8 Å². The number of carbonyl (C=O) groups is 1. The molecule has 0 aliphatic rings. The maximum absolute atomic E-state index is 12.1. The lowest BCUT2D eigenvalue weighted by Gasteiger charge is -2.07. The van der Waals surface area contributed by atoms with Crippen LogP contribution in [0.15, 0.2) is 22.7 Å². The Morgan fingerprint density at radius 1 is 1.33 bits per heavy atom. The van der Waals surface area contributed by atoms with Crippen molar-refractivity contribution in [2.24, 2.45) is 0 Å². The lowest BCUT2D eigenvalue weighted by Crippen LogP contribution is -2.12. The third-order valence-electron chi connectivity index (χ3n) is 2.55. The number of anilines is 1. The van der Waals surface area contributed by atoms with Crippen LogP contribution < -0.4 is 5.32 Å². The van der Waals surface area contributed by atoms with Crippen LogP contribution in [0.3, 0.4) is 0 Å². The first-order valence-corrected chi connectivity index (χ1v) is 7.10. The van der Waals surface area contributed by atoms with E-state index in [4.69, 9.17) is 0 Å². The van der Waals surface area contributed by atoms with Crippen LogP contribution in [-0.4, -0.2) is 10.9 Å². The molecule has 18 heavy (non-hydrogen) atoms. The molecular weight excluding hydrogens is 312 g/mol. The first kappa shape index (κ1) is 13.2.